The molecule has 1 heteroatoms. The van der Waals surface area contributed by atoms with Gasteiger partial charge in [-0.25, -0.2) is 0 Å². The predicted octanol–water partition coefficient (Wildman–Crippen LogP) is 4.73. The number of hydrogen-bond acceptors (Lipinski definition) is 1. The summed E-state index contributed by atoms with van der Waals surface area (Å²) in [6, 6.07) is 0.597. The van der Waals surface area contributed by atoms with Gasteiger partial charge in [0.2, 0.25) is 0 Å². The minimum Gasteiger partial charge on any atom is -0.383 e. The molecule has 0 aromatic rings. The molecular weight excluding hydrogens is 206 g/mol. The molecule has 1 N–H and O–H groups in total. The van der Waals surface area contributed by atoms with E-state index < -0.39 is 0 Å². The molecule has 17 heavy (non-hydrogen) atoms. The second kappa shape index (κ2) is 6.68. The Balaban J connectivity index is 2.52. The van der Waals surface area contributed by atoms with Crippen LogP contribution < -0.4 is 5.32 Å². The van der Waals surface area contributed by atoms with E-state index in [1.165, 1.54) is 42.4 Å². The van der Waals surface area contributed by atoms with Crippen molar-refractivity contribution in [3.05, 3.63) is 35.1 Å². The highest BCUT2D eigenvalue weighted by Crippen LogP contribution is 2.28. The summed E-state index contributed by atoms with van der Waals surface area (Å²) < 4.78 is 0. The van der Waals surface area contributed by atoms with Crippen LogP contribution in [0.3, 0.4) is 0 Å². The lowest BCUT2D eigenvalue weighted by atomic mass is 10.0. The van der Waals surface area contributed by atoms with Crippen LogP contribution in [0.5, 0.6) is 0 Å². The first-order valence-corrected chi connectivity index (χ1v) is 6.91. The summed E-state index contributed by atoms with van der Waals surface area (Å²) >= 11 is 0. The first-order valence-electron chi connectivity index (χ1n) is 6.91. The molecule has 0 bridgehead atoms. The molecule has 1 rings (SSSR count). The smallest absolute Gasteiger partial charge is 0.0305 e. The van der Waals surface area contributed by atoms with E-state index in [4.69, 9.17) is 0 Å². The minimum atomic E-state index is 0.597. The first-order chi connectivity index (χ1) is 8.08. The zero-order valence-electron chi connectivity index (χ0n) is 11.9. The Bertz CT molecular complexity index is 327. The van der Waals surface area contributed by atoms with Crippen molar-refractivity contribution in [2.45, 2.75) is 65.8 Å². The summed E-state index contributed by atoms with van der Waals surface area (Å²) in [5.41, 5.74) is 5.39. The molecule has 0 fully saturated rings. The molecule has 96 valence electrons. The number of rotatable bonds is 7. The molecule has 0 saturated heterocycles. The van der Waals surface area contributed by atoms with Crippen molar-refractivity contribution < 1.29 is 0 Å². The third kappa shape index (κ3) is 4.07. The van der Waals surface area contributed by atoms with Crippen LogP contribution in [0.25, 0.3) is 0 Å². The van der Waals surface area contributed by atoms with Crippen LogP contribution in [-0.4, -0.2) is 6.04 Å². The molecule has 0 radical (unpaired) electrons. The monoisotopic (exact) mass is 233 g/mol. The third-order valence-corrected chi connectivity index (χ3v) is 3.56. The van der Waals surface area contributed by atoms with E-state index in [1.54, 1.807) is 0 Å². The standard InChI is InChI=1S/C16H27N/c1-6-8-16(9-7-2)17-14(5)15-10-12(3)13(4)11-15/h10,16-17H,5-9,11H2,1-4H3. The van der Waals surface area contributed by atoms with Crippen LogP contribution >= 0.6 is 0 Å². The molecule has 1 aliphatic carbocycles. The first kappa shape index (κ1) is 14.1. The van der Waals surface area contributed by atoms with E-state index in [-0.39, 0.29) is 0 Å². The minimum absolute atomic E-state index is 0.597. The van der Waals surface area contributed by atoms with Gasteiger partial charge in [-0.15, -0.1) is 0 Å². The third-order valence-electron chi connectivity index (χ3n) is 3.56. The van der Waals surface area contributed by atoms with Crippen LogP contribution in [0.1, 0.15) is 59.8 Å². The average Bonchev–Trinajstić information content (AvgIpc) is 2.60. The summed E-state index contributed by atoms with van der Waals surface area (Å²) in [4.78, 5) is 0. The Kier molecular flexibility index (Phi) is 5.54. The van der Waals surface area contributed by atoms with Gasteiger partial charge in [-0.05, 0) is 38.7 Å². The summed E-state index contributed by atoms with van der Waals surface area (Å²) in [6.45, 7) is 13.1. The van der Waals surface area contributed by atoms with Crippen molar-refractivity contribution in [2.24, 2.45) is 0 Å². The van der Waals surface area contributed by atoms with Gasteiger partial charge in [0.25, 0.3) is 0 Å². The van der Waals surface area contributed by atoms with E-state index in [9.17, 15) is 0 Å². The van der Waals surface area contributed by atoms with Crippen LogP contribution in [0.4, 0.5) is 0 Å². The molecule has 0 spiro atoms. The van der Waals surface area contributed by atoms with Crippen molar-refractivity contribution in [1.29, 1.82) is 0 Å². The summed E-state index contributed by atoms with van der Waals surface area (Å²) in [5, 5.41) is 3.61. The van der Waals surface area contributed by atoms with Gasteiger partial charge in [-0.2, -0.15) is 0 Å². The van der Waals surface area contributed by atoms with Gasteiger partial charge in [0.05, 0.1) is 0 Å². The van der Waals surface area contributed by atoms with Crippen LogP contribution in [0.2, 0.25) is 0 Å². The van der Waals surface area contributed by atoms with Gasteiger partial charge in [-0.3, -0.25) is 0 Å². The van der Waals surface area contributed by atoms with Gasteiger partial charge in [0, 0.05) is 11.7 Å². The van der Waals surface area contributed by atoms with E-state index in [0.29, 0.717) is 6.04 Å². The molecule has 0 unspecified atom stereocenters. The number of nitrogens with one attached hydrogen (secondary N) is 1. The lowest BCUT2D eigenvalue weighted by molar-refractivity contribution is 0.484. The molecule has 0 aliphatic heterocycles. The maximum Gasteiger partial charge on any atom is 0.0305 e. The van der Waals surface area contributed by atoms with Crippen LogP contribution in [0, 0.1) is 0 Å². The molecule has 0 aromatic carbocycles. The molecule has 0 saturated carbocycles. The van der Waals surface area contributed by atoms with E-state index >= 15 is 0 Å². The topological polar surface area (TPSA) is 12.0 Å². The molecule has 0 aromatic heterocycles. The maximum absolute atomic E-state index is 4.20. The van der Waals surface area contributed by atoms with Gasteiger partial charge >= 0.3 is 0 Å². The van der Waals surface area contributed by atoms with Crippen molar-refractivity contribution in [2.75, 3.05) is 0 Å². The molecule has 0 amide bonds. The van der Waals surface area contributed by atoms with Crippen molar-refractivity contribution in [1.82, 2.24) is 5.32 Å². The number of allylic oxidation sites excluding steroid dienone is 4. The largest absolute Gasteiger partial charge is 0.383 e. The van der Waals surface area contributed by atoms with E-state index in [0.717, 1.165) is 12.1 Å². The van der Waals surface area contributed by atoms with Crippen molar-refractivity contribution in [3.8, 4) is 0 Å². The zero-order chi connectivity index (χ0) is 12.8. The van der Waals surface area contributed by atoms with Crippen molar-refractivity contribution in [3.63, 3.8) is 0 Å². The molecule has 0 heterocycles. The van der Waals surface area contributed by atoms with Crippen LogP contribution in [-0.2, 0) is 0 Å². The fraction of sp³-hybridized carbons (Fsp3) is 0.625. The average molecular weight is 233 g/mol. The van der Waals surface area contributed by atoms with E-state index in [2.05, 4.69) is 45.7 Å². The summed E-state index contributed by atoms with van der Waals surface area (Å²) in [7, 11) is 0. The normalized spacial score (nSPS) is 15.5. The maximum atomic E-state index is 4.20. The summed E-state index contributed by atoms with van der Waals surface area (Å²) in [5.74, 6) is 0. The molecule has 1 aliphatic rings. The Morgan fingerprint density at radius 2 is 1.88 bits per heavy atom. The fourth-order valence-electron chi connectivity index (χ4n) is 2.38. The predicted molar refractivity (Wildman–Crippen MR) is 77.0 cm³/mol. The highest BCUT2D eigenvalue weighted by atomic mass is 14.9. The Morgan fingerprint density at radius 1 is 1.29 bits per heavy atom. The van der Waals surface area contributed by atoms with Gasteiger partial charge in [0.15, 0.2) is 0 Å². The highest BCUT2D eigenvalue weighted by Gasteiger charge is 2.14. The molecular formula is C16H27N. The van der Waals surface area contributed by atoms with Crippen molar-refractivity contribution >= 4 is 0 Å². The lowest BCUT2D eigenvalue weighted by Crippen LogP contribution is -2.28. The molecule has 0 atom stereocenters. The van der Waals surface area contributed by atoms with Gasteiger partial charge in [0.1, 0.15) is 0 Å². The number of hydrogen-bond donors (Lipinski definition) is 1. The zero-order valence-corrected chi connectivity index (χ0v) is 11.9. The Morgan fingerprint density at radius 3 is 2.29 bits per heavy atom. The lowest BCUT2D eigenvalue weighted by Gasteiger charge is -2.21. The highest BCUT2D eigenvalue weighted by molar-refractivity contribution is 5.45. The van der Waals surface area contributed by atoms with Crippen LogP contribution in [0.15, 0.2) is 35.1 Å². The Labute approximate surface area is 107 Å². The van der Waals surface area contributed by atoms with Gasteiger partial charge in [-0.1, -0.05) is 50.5 Å². The Hall–Kier alpha value is -0.980. The molecule has 1 nitrogen and oxygen atoms in total. The van der Waals surface area contributed by atoms with E-state index in [1.807, 2.05) is 0 Å². The quantitative estimate of drug-likeness (QED) is 0.670. The second-order valence-electron chi connectivity index (χ2n) is 5.21. The van der Waals surface area contributed by atoms with Gasteiger partial charge < -0.3 is 5.32 Å². The summed E-state index contributed by atoms with van der Waals surface area (Å²) in [6.07, 6.45) is 8.31. The SMILES string of the molecule is C=C(NC(CCC)CCC)C1=CC(C)=C(C)C1. The second-order valence-corrected chi connectivity index (χ2v) is 5.21. The fourth-order valence-corrected chi connectivity index (χ4v) is 2.38.